The molecule has 0 saturated heterocycles. The number of amides is 2. The molecule has 2 aromatic rings. The number of rotatable bonds is 7. The van der Waals surface area contributed by atoms with Gasteiger partial charge in [0.15, 0.2) is 0 Å². The van der Waals surface area contributed by atoms with E-state index in [0.29, 0.717) is 19.3 Å². The summed E-state index contributed by atoms with van der Waals surface area (Å²) < 4.78 is 5.59. The normalized spacial score (nSPS) is 20.2. The fourth-order valence-corrected chi connectivity index (χ4v) is 4.86. The van der Waals surface area contributed by atoms with E-state index in [1.54, 1.807) is 6.92 Å². The van der Waals surface area contributed by atoms with Crippen LogP contribution >= 0.6 is 0 Å². The number of carboxylic acid groups (broad SMARTS) is 1. The van der Waals surface area contributed by atoms with Gasteiger partial charge < -0.3 is 20.5 Å². The SMILES string of the molecule is CC[C@H](NC(=O)[C@@H]1CCC[C@@H]1NC(=O)OCC1c2ccccc2-c2ccccc21)C(=O)O. The van der Waals surface area contributed by atoms with Crippen molar-refractivity contribution in [1.82, 2.24) is 10.6 Å². The van der Waals surface area contributed by atoms with Crippen molar-refractivity contribution in [1.29, 1.82) is 0 Å². The Morgan fingerprint density at radius 1 is 1.03 bits per heavy atom. The molecule has 2 aliphatic rings. The highest BCUT2D eigenvalue weighted by molar-refractivity contribution is 5.86. The molecule has 32 heavy (non-hydrogen) atoms. The molecular formula is C25H28N2O5. The molecule has 0 aromatic heterocycles. The summed E-state index contributed by atoms with van der Waals surface area (Å²) in [4.78, 5) is 36.4. The van der Waals surface area contributed by atoms with Gasteiger partial charge in [-0.05, 0) is 41.5 Å². The van der Waals surface area contributed by atoms with Crippen LogP contribution in [-0.2, 0) is 14.3 Å². The van der Waals surface area contributed by atoms with Crippen molar-refractivity contribution in [2.75, 3.05) is 6.61 Å². The summed E-state index contributed by atoms with van der Waals surface area (Å²) in [5, 5.41) is 14.6. The Labute approximate surface area is 187 Å². The zero-order valence-corrected chi connectivity index (χ0v) is 18.0. The van der Waals surface area contributed by atoms with Gasteiger partial charge >= 0.3 is 12.1 Å². The summed E-state index contributed by atoms with van der Waals surface area (Å²) in [6, 6.07) is 15.0. The Bertz CT molecular complexity index is 975. The number of carboxylic acids is 1. The molecular weight excluding hydrogens is 408 g/mol. The first-order valence-electron chi connectivity index (χ1n) is 11.1. The molecule has 0 bridgehead atoms. The molecule has 4 rings (SSSR count). The van der Waals surface area contributed by atoms with E-state index in [2.05, 4.69) is 34.9 Å². The number of carbonyl (C=O) groups is 3. The maximum absolute atomic E-state index is 12.6. The summed E-state index contributed by atoms with van der Waals surface area (Å²) in [5.74, 6) is -1.87. The molecule has 7 heteroatoms. The highest BCUT2D eigenvalue weighted by atomic mass is 16.5. The maximum Gasteiger partial charge on any atom is 0.407 e. The van der Waals surface area contributed by atoms with Crippen LogP contribution in [-0.4, -0.2) is 41.8 Å². The lowest BCUT2D eigenvalue weighted by molar-refractivity contribution is -0.142. The summed E-state index contributed by atoms with van der Waals surface area (Å²) >= 11 is 0. The van der Waals surface area contributed by atoms with Crippen LogP contribution in [0.3, 0.4) is 0 Å². The molecule has 2 aromatic carbocycles. The van der Waals surface area contributed by atoms with Crippen LogP contribution in [0.2, 0.25) is 0 Å². The molecule has 0 heterocycles. The summed E-state index contributed by atoms with van der Waals surface area (Å²) in [6.07, 6.45) is 1.80. The van der Waals surface area contributed by atoms with Crippen molar-refractivity contribution in [2.45, 2.75) is 50.6 Å². The van der Waals surface area contributed by atoms with Crippen LogP contribution in [0.1, 0.15) is 49.7 Å². The second-order valence-electron chi connectivity index (χ2n) is 8.42. The third-order valence-electron chi connectivity index (χ3n) is 6.52. The standard InChI is InChI=1S/C25H28N2O5/c1-2-21(24(29)30)26-23(28)19-12-7-13-22(19)27-25(31)32-14-20-17-10-5-3-8-15(17)16-9-4-6-11-18(16)20/h3-6,8-11,19-22H,2,7,12-14H2,1H3,(H,26,28)(H,27,31)(H,29,30)/t19-,21+,22+/m1/s1. The summed E-state index contributed by atoms with van der Waals surface area (Å²) in [6.45, 7) is 1.92. The van der Waals surface area contributed by atoms with Crippen LogP contribution < -0.4 is 10.6 Å². The minimum absolute atomic E-state index is 0.0308. The Morgan fingerprint density at radius 2 is 1.66 bits per heavy atom. The quantitative estimate of drug-likeness (QED) is 0.614. The average molecular weight is 437 g/mol. The Hall–Kier alpha value is -3.35. The van der Waals surface area contributed by atoms with Gasteiger partial charge in [-0.15, -0.1) is 0 Å². The Balaban J connectivity index is 1.37. The average Bonchev–Trinajstić information content (AvgIpc) is 3.38. The van der Waals surface area contributed by atoms with Gasteiger partial charge in [-0.25, -0.2) is 9.59 Å². The van der Waals surface area contributed by atoms with Gasteiger partial charge in [0.1, 0.15) is 12.6 Å². The number of hydrogen-bond donors (Lipinski definition) is 3. The van der Waals surface area contributed by atoms with E-state index in [1.165, 1.54) is 0 Å². The van der Waals surface area contributed by atoms with Crippen molar-refractivity contribution in [3.63, 3.8) is 0 Å². The number of fused-ring (bicyclic) bond motifs is 3. The van der Waals surface area contributed by atoms with Crippen LogP contribution in [0.15, 0.2) is 48.5 Å². The lowest BCUT2D eigenvalue weighted by Crippen LogP contribution is -2.48. The predicted octanol–water partition coefficient (Wildman–Crippen LogP) is 3.67. The fraction of sp³-hybridized carbons (Fsp3) is 0.400. The first-order valence-corrected chi connectivity index (χ1v) is 11.1. The molecule has 0 aliphatic heterocycles. The largest absolute Gasteiger partial charge is 0.480 e. The third-order valence-corrected chi connectivity index (χ3v) is 6.52. The molecule has 2 aliphatic carbocycles. The first-order chi connectivity index (χ1) is 15.5. The monoisotopic (exact) mass is 436 g/mol. The Morgan fingerprint density at radius 3 is 2.25 bits per heavy atom. The lowest BCUT2D eigenvalue weighted by Gasteiger charge is -2.22. The molecule has 2 amide bonds. The van der Waals surface area contributed by atoms with Gasteiger partial charge in [0.2, 0.25) is 5.91 Å². The predicted molar refractivity (Wildman–Crippen MR) is 119 cm³/mol. The third kappa shape index (κ3) is 4.33. The molecule has 3 atom stereocenters. The van der Waals surface area contributed by atoms with E-state index < -0.39 is 24.0 Å². The van der Waals surface area contributed by atoms with E-state index >= 15 is 0 Å². The number of nitrogens with one attached hydrogen (secondary N) is 2. The van der Waals surface area contributed by atoms with Crippen molar-refractivity contribution in [2.24, 2.45) is 5.92 Å². The number of benzene rings is 2. The fourth-order valence-electron chi connectivity index (χ4n) is 4.86. The molecule has 0 spiro atoms. The van der Waals surface area contributed by atoms with Crippen molar-refractivity contribution < 1.29 is 24.2 Å². The van der Waals surface area contributed by atoms with Gasteiger partial charge in [-0.2, -0.15) is 0 Å². The second-order valence-corrected chi connectivity index (χ2v) is 8.42. The van der Waals surface area contributed by atoms with E-state index in [-0.39, 0.29) is 24.5 Å². The van der Waals surface area contributed by atoms with Crippen LogP contribution in [0.25, 0.3) is 11.1 Å². The number of hydrogen-bond acceptors (Lipinski definition) is 4. The molecule has 3 N–H and O–H groups in total. The summed E-state index contributed by atoms with van der Waals surface area (Å²) in [5.41, 5.74) is 4.60. The lowest BCUT2D eigenvalue weighted by atomic mass is 9.98. The van der Waals surface area contributed by atoms with Gasteiger partial charge in [-0.3, -0.25) is 4.79 Å². The van der Waals surface area contributed by atoms with Gasteiger partial charge in [0.25, 0.3) is 0 Å². The van der Waals surface area contributed by atoms with Crippen molar-refractivity contribution in [3.8, 4) is 11.1 Å². The van der Waals surface area contributed by atoms with Crippen molar-refractivity contribution >= 4 is 18.0 Å². The molecule has 1 saturated carbocycles. The van der Waals surface area contributed by atoms with E-state index in [4.69, 9.17) is 4.74 Å². The number of carbonyl (C=O) groups excluding carboxylic acids is 2. The molecule has 0 radical (unpaired) electrons. The van der Waals surface area contributed by atoms with Crippen molar-refractivity contribution in [3.05, 3.63) is 59.7 Å². The Kier molecular flexibility index (Phi) is 6.44. The minimum Gasteiger partial charge on any atom is -0.480 e. The maximum atomic E-state index is 12.6. The number of ether oxygens (including phenoxy) is 1. The second kappa shape index (κ2) is 9.42. The smallest absolute Gasteiger partial charge is 0.407 e. The molecule has 168 valence electrons. The van der Waals surface area contributed by atoms with E-state index in [1.807, 2.05) is 24.3 Å². The van der Waals surface area contributed by atoms with Gasteiger partial charge in [0, 0.05) is 12.0 Å². The molecule has 7 nitrogen and oxygen atoms in total. The topological polar surface area (TPSA) is 105 Å². The van der Waals surface area contributed by atoms with E-state index in [9.17, 15) is 19.5 Å². The summed E-state index contributed by atoms with van der Waals surface area (Å²) in [7, 11) is 0. The molecule has 0 unspecified atom stereocenters. The zero-order valence-electron chi connectivity index (χ0n) is 18.0. The van der Waals surface area contributed by atoms with Crippen LogP contribution in [0.5, 0.6) is 0 Å². The highest BCUT2D eigenvalue weighted by Crippen LogP contribution is 2.44. The van der Waals surface area contributed by atoms with E-state index in [0.717, 1.165) is 28.7 Å². The zero-order chi connectivity index (χ0) is 22.7. The first kappa shape index (κ1) is 21.9. The number of aliphatic carboxylic acids is 1. The minimum atomic E-state index is -1.06. The highest BCUT2D eigenvalue weighted by Gasteiger charge is 2.36. The molecule has 1 fully saturated rings. The number of alkyl carbamates (subject to hydrolysis) is 1. The van der Waals surface area contributed by atoms with Crippen LogP contribution in [0, 0.1) is 5.92 Å². The van der Waals surface area contributed by atoms with Crippen LogP contribution in [0.4, 0.5) is 4.79 Å². The van der Waals surface area contributed by atoms with Gasteiger partial charge in [0.05, 0.1) is 5.92 Å². The van der Waals surface area contributed by atoms with Gasteiger partial charge in [-0.1, -0.05) is 61.9 Å².